The molecule has 14 heavy (non-hydrogen) atoms. The largest absolute Gasteiger partial charge is 0.382 e. The van der Waals surface area contributed by atoms with Crippen molar-refractivity contribution in [2.75, 3.05) is 26.9 Å². The summed E-state index contributed by atoms with van der Waals surface area (Å²) in [5.74, 6) is 0. The standard InChI is InChI=1S/C9H17N3O2/c1-12-7-8(6-11-12)9(5-10)14-4-3-13-2/h6-7,9H,3-5,10H2,1-2H3. The highest BCUT2D eigenvalue weighted by Gasteiger charge is 2.11. The van der Waals surface area contributed by atoms with Gasteiger partial charge in [0.25, 0.3) is 0 Å². The number of nitrogens with zero attached hydrogens (tertiary/aromatic N) is 2. The molecule has 0 spiro atoms. The average molecular weight is 199 g/mol. The zero-order valence-electron chi connectivity index (χ0n) is 8.64. The highest BCUT2D eigenvalue weighted by atomic mass is 16.5. The summed E-state index contributed by atoms with van der Waals surface area (Å²) in [4.78, 5) is 0. The first kappa shape index (κ1) is 11.2. The van der Waals surface area contributed by atoms with Crippen molar-refractivity contribution in [1.29, 1.82) is 0 Å². The predicted octanol–water partition coefficient (Wildman–Crippen LogP) is 0.0829. The monoisotopic (exact) mass is 199 g/mol. The Morgan fingerprint density at radius 1 is 1.57 bits per heavy atom. The molecule has 5 nitrogen and oxygen atoms in total. The fraction of sp³-hybridized carbons (Fsp3) is 0.667. The van der Waals surface area contributed by atoms with Crippen LogP contribution in [0.25, 0.3) is 0 Å². The topological polar surface area (TPSA) is 62.3 Å². The fourth-order valence-electron chi connectivity index (χ4n) is 1.18. The van der Waals surface area contributed by atoms with E-state index in [0.717, 1.165) is 5.56 Å². The highest BCUT2D eigenvalue weighted by Crippen LogP contribution is 2.14. The first-order valence-electron chi connectivity index (χ1n) is 4.57. The maximum atomic E-state index is 5.59. The summed E-state index contributed by atoms with van der Waals surface area (Å²) in [6.07, 6.45) is 3.59. The fourth-order valence-corrected chi connectivity index (χ4v) is 1.18. The second-order valence-corrected chi connectivity index (χ2v) is 3.04. The molecule has 0 fully saturated rings. The Morgan fingerprint density at radius 3 is 2.86 bits per heavy atom. The van der Waals surface area contributed by atoms with Crippen LogP contribution in [0, 0.1) is 0 Å². The molecule has 0 aliphatic rings. The number of hydrogen-bond donors (Lipinski definition) is 1. The second kappa shape index (κ2) is 5.74. The van der Waals surface area contributed by atoms with Crippen molar-refractivity contribution in [3.63, 3.8) is 0 Å². The third-order valence-electron chi connectivity index (χ3n) is 1.92. The summed E-state index contributed by atoms with van der Waals surface area (Å²) in [6, 6.07) is 0. The lowest BCUT2D eigenvalue weighted by Crippen LogP contribution is -2.17. The van der Waals surface area contributed by atoms with Crippen molar-refractivity contribution in [3.8, 4) is 0 Å². The molecule has 1 aromatic heterocycles. The van der Waals surface area contributed by atoms with Gasteiger partial charge in [0, 0.05) is 32.5 Å². The average Bonchev–Trinajstić information content (AvgIpc) is 2.60. The summed E-state index contributed by atoms with van der Waals surface area (Å²) >= 11 is 0. The Morgan fingerprint density at radius 2 is 2.36 bits per heavy atom. The molecule has 5 heteroatoms. The molecule has 0 radical (unpaired) electrons. The van der Waals surface area contributed by atoms with E-state index in [1.54, 1.807) is 18.0 Å². The molecule has 0 amide bonds. The quantitative estimate of drug-likeness (QED) is 0.659. The first-order chi connectivity index (χ1) is 6.77. The number of methoxy groups -OCH3 is 1. The molecule has 0 bridgehead atoms. The molecule has 1 heterocycles. The minimum atomic E-state index is -0.0844. The van der Waals surface area contributed by atoms with Crippen LogP contribution in [0.15, 0.2) is 12.4 Å². The molecular formula is C9H17N3O2. The van der Waals surface area contributed by atoms with Crippen molar-refractivity contribution < 1.29 is 9.47 Å². The van der Waals surface area contributed by atoms with Crippen LogP contribution in [-0.2, 0) is 16.5 Å². The van der Waals surface area contributed by atoms with E-state index in [1.165, 1.54) is 0 Å². The maximum Gasteiger partial charge on any atom is 0.0978 e. The van der Waals surface area contributed by atoms with Crippen LogP contribution in [0.4, 0.5) is 0 Å². The number of rotatable bonds is 6. The Hall–Kier alpha value is -0.910. The van der Waals surface area contributed by atoms with E-state index in [1.807, 2.05) is 13.2 Å². The van der Waals surface area contributed by atoms with Gasteiger partial charge in [0.05, 0.1) is 25.5 Å². The van der Waals surface area contributed by atoms with Crippen LogP contribution >= 0.6 is 0 Å². The van der Waals surface area contributed by atoms with Gasteiger partial charge in [-0.1, -0.05) is 0 Å². The first-order valence-corrected chi connectivity index (χ1v) is 4.57. The number of aromatic nitrogens is 2. The molecule has 0 saturated carbocycles. The van der Waals surface area contributed by atoms with Crippen molar-refractivity contribution in [3.05, 3.63) is 18.0 Å². The minimum Gasteiger partial charge on any atom is -0.382 e. The number of hydrogen-bond acceptors (Lipinski definition) is 4. The van der Waals surface area contributed by atoms with Crippen LogP contribution < -0.4 is 5.73 Å². The Balaban J connectivity index is 2.45. The molecule has 2 N–H and O–H groups in total. The predicted molar refractivity (Wildman–Crippen MR) is 52.8 cm³/mol. The smallest absolute Gasteiger partial charge is 0.0978 e. The van der Waals surface area contributed by atoms with Gasteiger partial charge in [-0.05, 0) is 0 Å². The van der Waals surface area contributed by atoms with E-state index in [4.69, 9.17) is 15.2 Å². The number of ether oxygens (including phenoxy) is 2. The van der Waals surface area contributed by atoms with Crippen LogP contribution in [-0.4, -0.2) is 36.6 Å². The molecule has 0 aliphatic heterocycles. The Kier molecular flexibility index (Phi) is 4.58. The lowest BCUT2D eigenvalue weighted by molar-refractivity contribution is 0.0207. The van der Waals surface area contributed by atoms with Gasteiger partial charge in [-0.15, -0.1) is 0 Å². The van der Waals surface area contributed by atoms with Gasteiger partial charge in [0.1, 0.15) is 0 Å². The van der Waals surface area contributed by atoms with Gasteiger partial charge < -0.3 is 15.2 Å². The van der Waals surface area contributed by atoms with Crippen molar-refractivity contribution in [1.82, 2.24) is 9.78 Å². The van der Waals surface area contributed by atoms with E-state index >= 15 is 0 Å². The second-order valence-electron chi connectivity index (χ2n) is 3.04. The Labute approximate surface area is 83.8 Å². The summed E-state index contributed by atoms with van der Waals surface area (Å²) in [7, 11) is 3.51. The molecule has 1 unspecified atom stereocenters. The molecule has 1 aromatic rings. The van der Waals surface area contributed by atoms with Crippen LogP contribution in [0.5, 0.6) is 0 Å². The molecule has 0 aliphatic carbocycles. The SMILES string of the molecule is COCCOC(CN)c1cnn(C)c1. The zero-order valence-corrected chi connectivity index (χ0v) is 8.64. The van der Waals surface area contributed by atoms with E-state index in [-0.39, 0.29) is 6.10 Å². The summed E-state index contributed by atoms with van der Waals surface area (Å²) in [6.45, 7) is 1.58. The zero-order chi connectivity index (χ0) is 10.4. The van der Waals surface area contributed by atoms with Gasteiger partial charge in [0.15, 0.2) is 0 Å². The van der Waals surface area contributed by atoms with Gasteiger partial charge in [-0.25, -0.2) is 0 Å². The molecule has 1 rings (SSSR count). The summed E-state index contributed by atoms with van der Waals surface area (Å²) in [5, 5.41) is 4.06. The van der Waals surface area contributed by atoms with Crippen LogP contribution in [0.3, 0.4) is 0 Å². The van der Waals surface area contributed by atoms with Gasteiger partial charge in [-0.2, -0.15) is 5.10 Å². The van der Waals surface area contributed by atoms with Crippen molar-refractivity contribution >= 4 is 0 Å². The van der Waals surface area contributed by atoms with E-state index in [9.17, 15) is 0 Å². The number of aryl methyl sites for hydroxylation is 1. The van der Waals surface area contributed by atoms with E-state index in [0.29, 0.717) is 19.8 Å². The molecule has 80 valence electrons. The van der Waals surface area contributed by atoms with E-state index < -0.39 is 0 Å². The third kappa shape index (κ3) is 3.10. The third-order valence-corrected chi connectivity index (χ3v) is 1.92. The minimum absolute atomic E-state index is 0.0844. The van der Waals surface area contributed by atoms with Crippen molar-refractivity contribution in [2.45, 2.75) is 6.10 Å². The Bertz CT molecular complexity index is 262. The normalized spacial score (nSPS) is 13.1. The number of nitrogens with two attached hydrogens (primary N) is 1. The molecule has 0 aromatic carbocycles. The maximum absolute atomic E-state index is 5.59. The van der Waals surface area contributed by atoms with Gasteiger partial charge in [-0.3, -0.25) is 4.68 Å². The molecule has 1 atom stereocenters. The van der Waals surface area contributed by atoms with Gasteiger partial charge >= 0.3 is 0 Å². The van der Waals surface area contributed by atoms with Gasteiger partial charge in [0.2, 0.25) is 0 Å². The molecular weight excluding hydrogens is 182 g/mol. The summed E-state index contributed by atoms with van der Waals surface area (Å²) < 4.78 is 12.2. The lowest BCUT2D eigenvalue weighted by Gasteiger charge is -2.13. The van der Waals surface area contributed by atoms with E-state index in [2.05, 4.69) is 5.10 Å². The lowest BCUT2D eigenvalue weighted by atomic mass is 10.2. The van der Waals surface area contributed by atoms with Crippen molar-refractivity contribution in [2.24, 2.45) is 12.8 Å². The van der Waals surface area contributed by atoms with Crippen LogP contribution in [0.1, 0.15) is 11.7 Å². The van der Waals surface area contributed by atoms with Crippen LogP contribution in [0.2, 0.25) is 0 Å². The molecule has 0 saturated heterocycles. The summed E-state index contributed by atoms with van der Waals surface area (Å²) in [5.41, 5.74) is 6.60. The highest BCUT2D eigenvalue weighted by molar-refractivity contribution is 5.08.